The highest BCUT2D eigenvalue weighted by Gasteiger charge is 2.23. The van der Waals surface area contributed by atoms with Crippen molar-refractivity contribution in [2.75, 3.05) is 13.2 Å². The zero-order valence-electron chi connectivity index (χ0n) is 25.0. The molecule has 228 valence electrons. The van der Waals surface area contributed by atoms with E-state index in [9.17, 15) is 19.2 Å². The molecule has 0 aliphatic heterocycles. The lowest BCUT2D eigenvalue weighted by atomic mass is 10.0. The fourth-order valence-corrected chi connectivity index (χ4v) is 3.95. The van der Waals surface area contributed by atoms with Gasteiger partial charge in [0.2, 0.25) is 5.91 Å². The summed E-state index contributed by atoms with van der Waals surface area (Å²) in [6.07, 6.45) is -0.343. The molecule has 43 heavy (non-hydrogen) atoms. The number of ether oxygens (including phenoxy) is 3. The third-order valence-electron chi connectivity index (χ3n) is 5.92. The third-order valence-corrected chi connectivity index (χ3v) is 5.92. The highest BCUT2D eigenvalue weighted by Crippen LogP contribution is 2.22. The Bertz CT molecular complexity index is 1370. The molecule has 1 atom stereocenters. The second-order valence-electron chi connectivity index (χ2n) is 10.7. The van der Waals surface area contributed by atoms with Gasteiger partial charge in [-0.15, -0.1) is 0 Å². The van der Waals surface area contributed by atoms with Gasteiger partial charge in [-0.2, -0.15) is 0 Å². The van der Waals surface area contributed by atoms with E-state index >= 15 is 0 Å². The molecule has 0 saturated heterocycles. The monoisotopic (exact) mass is 589 g/mol. The van der Waals surface area contributed by atoms with Gasteiger partial charge in [-0.25, -0.2) is 4.79 Å². The number of hydrogen-bond acceptors (Lipinski definition) is 7. The quantitative estimate of drug-likeness (QED) is 0.241. The van der Waals surface area contributed by atoms with Gasteiger partial charge in [0.25, 0.3) is 5.91 Å². The Morgan fingerprint density at radius 3 is 2.19 bits per heavy atom. The van der Waals surface area contributed by atoms with Crippen LogP contribution in [0.2, 0.25) is 0 Å². The molecule has 1 unspecified atom stereocenters. The van der Waals surface area contributed by atoms with Crippen LogP contribution in [-0.2, 0) is 32.0 Å². The Morgan fingerprint density at radius 1 is 0.814 bits per heavy atom. The predicted molar refractivity (Wildman–Crippen MR) is 162 cm³/mol. The van der Waals surface area contributed by atoms with Crippen LogP contribution in [0.4, 0.5) is 4.79 Å². The normalized spacial score (nSPS) is 11.5. The van der Waals surface area contributed by atoms with E-state index in [1.54, 1.807) is 52.0 Å². The summed E-state index contributed by atoms with van der Waals surface area (Å²) in [5.41, 5.74) is 1.27. The van der Waals surface area contributed by atoms with Crippen LogP contribution in [0.5, 0.6) is 11.5 Å². The number of alkyl carbamates (subject to hydrolysis) is 1. The molecule has 10 heteroatoms. The van der Waals surface area contributed by atoms with Gasteiger partial charge in [-0.3, -0.25) is 14.4 Å². The maximum Gasteiger partial charge on any atom is 0.407 e. The van der Waals surface area contributed by atoms with E-state index < -0.39 is 35.5 Å². The minimum Gasteiger partial charge on any atom is -0.466 e. The third kappa shape index (κ3) is 11.9. The number of carbonyl (C=O) groups excluding carboxylic acids is 4. The van der Waals surface area contributed by atoms with Gasteiger partial charge in [-0.05, 0) is 75.2 Å². The van der Waals surface area contributed by atoms with E-state index in [1.807, 2.05) is 54.6 Å². The Kier molecular flexibility index (Phi) is 12.1. The summed E-state index contributed by atoms with van der Waals surface area (Å²) in [6, 6.07) is 22.3. The number of amides is 3. The number of nitrogens with one attached hydrogen (secondary N) is 3. The Morgan fingerprint density at radius 2 is 1.51 bits per heavy atom. The Labute approximate surface area is 252 Å². The maximum atomic E-state index is 13.2. The van der Waals surface area contributed by atoms with Gasteiger partial charge in [0.05, 0.1) is 13.0 Å². The van der Waals surface area contributed by atoms with Crippen molar-refractivity contribution < 1.29 is 33.4 Å². The molecule has 0 aliphatic rings. The van der Waals surface area contributed by atoms with Crippen LogP contribution in [0.15, 0.2) is 78.9 Å². The zero-order valence-corrected chi connectivity index (χ0v) is 25.0. The van der Waals surface area contributed by atoms with Crippen molar-refractivity contribution in [1.82, 2.24) is 16.0 Å². The lowest BCUT2D eigenvalue weighted by Gasteiger charge is -2.20. The molecule has 10 nitrogen and oxygen atoms in total. The topological polar surface area (TPSA) is 132 Å². The van der Waals surface area contributed by atoms with Crippen LogP contribution in [0, 0.1) is 0 Å². The molecule has 3 amide bonds. The first-order chi connectivity index (χ1) is 20.5. The SMILES string of the molecule is CCOC(=O)CCNC(=O)C(Cc1cccc(Oc2ccccc2)c1)NC(=O)c1ccc(CNC(=O)OC(C)(C)C)cc1. The van der Waals surface area contributed by atoms with Gasteiger partial charge in [0.1, 0.15) is 23.1 Å². The van der Waals surface area contributed by atoms with Crippen molar-refractivity contribution in [2.45, 2.75) is 58.7 Å². The van der Waals surface area contributed by atoms with Gasteiger partial charge in [0.15, 0.2) is 0 Å². The summed E-state index contributed by atoms with van der Waals surface area (Å²) in [6.45, 7) is 7.60. The lowest BCUT2D eigenvalue weighted by Crippen LogP contribution is -2.48. The second-order valence-corrected chi connectivity index (χ2v) is 10.7. The molecule has 0 aromatic heterocycles. The Balaban J connectivity index is 1.68. The summed E-state index contributed by atoms with van der Waals surface area (Å²) in [5, 5.41) is 8.21. The predicted octanol–water partition coefficient (Wildman–Crippen LogP) is 4.91. The molecule has 3 rings (SSSR count). The van der Waals surface area contributed by atoms with Crippen molar-refractivity contribution in [3.63, 3.8) is 0 Å². The number of esters is 1. The molecule has 0 heterocycles. The molecule has 3 aromatic rings. The van der Waals surface area contributed by atoms with Crippen LogP contribution < -0.4 is 20.7 Å². The number of benzene rings is 3. The largest absolute Gasteiger partial charge is 0.466 e. The van der Waals surface area contributed by atoms with E-state index in [0.29, 0.717) is 17.1 Å². The first kappa shape index (κ1) is 32.7. The highest BCUT2D eigenvalue weighted by atomic mass is 16.6. The zero-order chi connectivity index (χ0) is 31.2. The molecular weight excluding hydrogens is 550 g/mol. The maximum absolute atomic E-state index is 13.2. The fourth-order valence-electron chi connectivity index (χ4n) is 3.95. The summed E-state index contributed by atoms with van der Waals surface area (Å²) >= 11 is 0. The average molecular weight is 590 g/mol. The summed E-state index contributed by atoms with van der Waals surface area (Å²) in [7, 11) is 0. The molecule has 0 aliphatic carbocycles. The van der Waals surface area contributed by atoms with Crippen molar-refractivity contribution >= 4 is 23.9 Å². The first-order valence-electron chi connectivity index (χ1n) is 14.1. The number of hydrogen-bond donors (Lipinski definition) is 3. The van der Waals surface area contributed by atoms with Crippen molar-refractivity contribution in [1.29, 1.82) is 0 Å². The van der Waals surface area contributed by atoms with Crippen molar-refractivity contribution in [2.24, 2.45) is 0 Å². The van der Waals surface area contributed by atoms with Crippen molar-refractivity contribution in [3.05, 3.63) is 95.6 Å². The molecule has 0 spiro atoms. The Hall–Kier alpha value is -4.86. The van der Waals surface area contributed by atoms with Gasteiger partial charge >= 0.3 is 12.1 Å². The van der Waals surface area contributed by atoms with Gasteiger partial charge in [0, 0.05) is 25.1 Å². The second kappa shape index (κ2) is 16.0. The minimum atomic E-state index is -0.935. The van der Waals surface area contributed by atoms with E-state index in [-0.39, 0.29) is 32.5 Å². The van der Waals surface area contributed by atoms with Crippen molar-refractivity contribution in [3.8, 4) is 11.5 Å². The van der Waals surface area contributed by atoms with E-state index in [1.165, 1.54) is 0 Å². The summed E-state index contributed by atoms with van der Waals surface area (Å²) in [4.78, 5) is 50.0. The smallest absolute Gasteiger partial charge is 0.407 e. The summed E-state index contributed by atoms with van der Waals surface area (Å²) < 4.78 is 16.1. The van der Waals surface area contributed by atoms with Crippen LogP contribution in [0.1, 0.15) is 55.6 Å². The summed E-state index contributed by atoms with van der Waals surface area (Å²) in [5.74, 6) is -0.0486. The average Bonchev–Trinajstić information content (AvgIpc) is 2.96. The molecule has 0 saturated carbocycles. The first-order valence-corrected chi connectivity index (χ1v) is 14.1. The minimum absolute atomic E-state index is 0.0133. The molecule has 0 fully saturated rings. The van der Waals surface area contributed by atoms with Crippen LogP contribution in [0.3, 0.4) is 0 Å². The van der Waals surface area contributed by atoms with E-state index in [2.05, 4.69) is 16.0 Å². The standard InChI is InChI=1S/C33H39N3O7/c1-5-41-29(37)18-19-34-31(39)28(21-24-10-9-13-27(20-24)42-26-11-7-6-8-12-26)36-30(38)25-16-14-23(15-17-25)22-35-32(40)43-33(2,3)4/h6-17,20,28H,5,18-19,21-22H2,1-4H3,(H,34,39)(H,35,40)(H,36,38). The van der Waals surface area contributed by atoms with Crippen LogP contribution >= 0.6 is 0 Å². The molecule has 0 radical (unpaired) electrons. The van der Waals surface area contributed by atoms with E-state index in [4.69, 9.17) is 14.2 Å². The highest BCUT2D eigenvalue weighted by molar-refractivity contribution is 5.97. The molecule has 3 aromatic carbocycles. The number of rotatable bonds is 13. The lowest BCUT2D eigenvalue weighted by molar-refractivity contribution is -0.143. The van der Waals surface area contributed by atoms with Crippen LogP contribution in [0.25, 0.3) is 0 Å². The number of para-hydroxylation sites is 1. The molecule has 0 bridgehead atoms. The van der Waals surface area contributed by atoms with Crippen LogP contribution in [-0.4, -0.2) is 48.7 Å². The van der Waals surface area contributed by atoms with E-state index in [0.717, 1.165) is 11.1 Å². The number of carbonyl (C=O) groups is 4. The van der Waals surface area contributed by atoms with Gasteiger partial charge < -0.3 is 30.2 Å². The fraction of sp³-hybridized carbons (Fsp3) is 0.333. The van der Waals surface area contributed by atoms with Gasteiger partial charge in [-0.1, -0.05) is 42.5 Å². The molecule has 3 N–H and O–H groups in total. The molecular formula is C33H39N3O7.